The van der Waals surface area contributed by atoms with Crippen LogP contribution in [0.2, 0.25) is 0 Å². The van der Waals surface area contributed by atoms with Crippen molar-refractivity contribution in [3.8, 4) is 11.5 Å². The molecule has 2 aromatic carbocycles. The Labute approximate surface area is 156 Å². The maximum atomic E-state index is 12.6. The third-order valence-corrected chi connectivity index (χ3v) is 4.26. The van der Waals surface area contributed by atoms with Gasteiger partial charge in [0.15, 0.2) is 0 Å². The minimum atomic E-state index is -0.704. The number of aliphatic hydroxyl groups excluding tert-OH is 1. The highest BCUT2D eigenvalue weighted by atomic mass is 16.5. The zero-order valence-electron chi connectivity index (χ0n) is 15.0. The summed E-state index contributed by atoms with van der Waals surface area (Å²) >= 11 is 0. The summed E-state index contributed by atoms with van der Waals surface area (Å²) in [6.07, 6.45) is 1.19. The zero-order valence-corrected chi connectivity index (χ0v) is 15.0. The molecule has 0 aliphatic rings. The van der Waals surface area contributed by atoms with E-state index in [0.717, 1.165) is 19.4 Å². The molecule has 144 valence electrons. The molecular weight excluding hydrogens is 348 g/mol. The molecule has 0 aliphatic carbocycles. The van der Waals surface area contributed by atoms with Gasteiger partial charge in [0.2, 0.25) is 5.43 Å². The van der Waals surface area contributed by atoms with E-state index in [1.807, 2.05) is 0 Å². The topological polar surface area (TPSA) is 118 Å². The number of hydrogen-bond acceptors (Lipinski definition) is 7. The number of phenolic OH excluding ortho intramolecular Hbond substituents is 1. The van der Waals surface area contributed by atoms with Crippen LogP contribution in [0, 0.1) is 0 Å². The van der Waals surface area contributed by atoms with E-state index >= 15 is 0 Å². The van der Waals surface area contributed by atoms with Gasteiger partial charge in [-0.15, -0.1) is 0 Å². The smallest absolute Gasteiger partial charge is 0.204 e. The van der Waals surface area contributed by atoms with Crippen LogP contribution in [-0.4, -0.2) is 42.6 Å². The second kappa shape index (κ2) is 8.85. The Bertz CT molecular complexity index is 970. The first-order valence-electron chi connectivity index (χ1n) is 9.00. The maximum Gasteiger partial charge on any atom is 0.204 e. The molecule has 0 spiro atoms. The van der Waals surface area contributed by atoms with E-state index in [1.165, 1.54) is 6.07 Å². The Morgan fingerprint density at radius 1 is 1.19 bits per heavy atom. The van der Waals surface area contributed by atoms with E-state index in [4.69, 9.17) is 14.9 Å². The molecule has 0 radical (unpaired) electrons. The van der Waals surface area contributed by atoms with Gasteiger partial charge in [0, 0.05) is 18.7 Å². The van der Waals surface area contributed by atoms with Crippen LogP contribution in [0.3, 0.4) is 0 Å². The fourth-order valence-electron chi connectivity index (χ4n) is 2.88. The lowest BCUT2D eigenvalue weighted by Crippen LogP contribution is -2.32. The molecule has 0 aliphatic heterocycles. The Morgan fingerprint density at radius 2 is 2.00 bits per heavy atom. The van der Waals surface area contributed by atoms with Crippen molar-refractivity contribution in [1.29, 1.82) is 0 Å². The first-order valence-corrected chi connectivity index (χ1v) is 9.00. The van der Waals surface area contributed by atoms with E-state index in [9.17, 15) is 15.0 Å². The summed E-state index contributed by atoms with van der Waals surface area (Å²) in [6.45, 7) is 1.88. The largest absolute Gasteiger partial charge is 0.507 e. The molecular formula is C20H24N2O5. The normalized spacial score (nSPS) is 12.5. The standard InChI is InChI=1S/C20H24N2O5/c21-7-3-4-8-22-11-13(23)12-26-14-9-16(24)19-18(10-14)27-17-6-2-1-5-15(17)20(19)25/h1-2,5-6,9-10,13,22-24H,3-4,7-8,11-12,21H2. The van der Waals surface area contributed by atoms with E-state index < -0.39 is 6.10 Å². The van der Waals surface area contributed by atoms with Crippen LogP contribution < -0.4 is 21.2 Å². The van der Waals surface area contributed by atoms with Crippen LogP contribution >= 0.6 is 0 Å². The molecule has 0 saturated heterocycles. The highest BCUT2D eigenvalue weighted by molar-refractivity contribution is 5.93. The summed E-state index contributed by atoms with van der Waals surface area (Å²) in [5.74, 6) is 0.108. The van der Waals surface area contributed by atoms with Crippen molar-refractivity contribution in [2.45, 2.75) is 18.9 Å². The number of aliphatic hydroxyl groups is 1. The molecule has 1 atom stereocenters. The van der Waals surface area contributed by atoms with Crippen LogP contribution in [0.4, 0.5) is 0 Å². The van der Waals surface area contributed by atoms with E-state index in [-0.39, 0.29) is 28.8 Å². The van der Waals surface area contributed by atoms with Gasteiger partial charge < -0.3 is 30.4 Å². The minimum absolute atomic E-state index is 0.0483. The van der Waals surface area contributed by atoms with Crippen LogP contribution in [0.15, 0.2) is 45.6 Å². The number of fused-ring (bicyclic) bond motifs is 2. The summed E-state index contributed by atoms with van der Waals surface area (Å²) in [7, 11) is 0. The molecule has 0 fully saturated rings. The Morgan fingerprint density at radius 3 is 2.81 bits per heavy atom. The quantitative estimate of drug-likeness (QED) is 0.334. The maximum absolute atomic E-state index is 12.6. The monoisotopic (exact) mass is 372 g/mol. The number of rotatable bonds is 9. The summed E-state index contributed by atoms with van der Waals surface area (Å²) in [6, 6.07) is 9.77. The van der Waals surface area contributed by atoms with Crippen LogP contribution in [0.5, 0.6) is 11.5 Å². The lowest BCUT2D eigenvalue weighted by Gasteiger charge is -2.14. The highest BCUT2D eigenvalue weighted by Gasteiger charge is 2.14. The van der Waals surface area contributed by atoms with E-state index in [1.54, 1.807) is 30.3 Å². The van der Waals surface area contributed by atoms with Gasteiger partial charge in [-0.2, -0.15) is 0 Å². The molecule has 5 N–H and O–H groups in total. The molecule has 0 saturated carbocycles. The van der Waals surface area contributed by atoms with Crippen molar-refractivity contribution >= 4 is 21.9 Å². The molecule has 1 aromatic heterocycles. The lowest BCUT2D eigenvalue weighted by molar-refractivity contribution is 0.106. The average molecular weight is 372 g/mol. The predicted octanol–water partition coefficient (Wildman–Crippen LogP) is 1.72. The minimum Gasteiger partial charge on any atom is -0.507 e. The number of aromatic hydroxyl groups is 1. The molecule has 1 heterocycles. The second-order valence-corrected chi connectivity index (χ2v) is 6.41. The first kappa shape index (κ1) is 19.2. The second-order valence-electron chi connectivity index (χ2n) is 6.41. The van der Waals surface area contributed by atoms with Crippen LogP contribution in [-0.2, 0) is 0 Å². The third-order valence-electron chi connectivity index (χ3n) is 4.26. The predicted molar refractivity (Wildman–Crippen MR) is 104 cm³/mol. The van der Waals surface area contributed by atoms with Gasteiger partial charge in [0.05, 0.1) is 5.39 Å². The molecule has 1 unspecified atom stereocenters. The van der Waals surface area contributed by atoms with Crippen LogP contribution in [0.25, 0.3) is 21.9 Å². The van der Waals surface area contributed by atoms with Gasteiger partial charge in [-0.1, -0.05) is 12.1 Å². The summed E-state index contributed by atoms with van der Waals surface area (Å²) in [5, 5.41) is 23.9. The van der Waals surface area contributed by atoms with Crippen molar-refractivity contribution in [3.05, 3.63) is 46.6 Å². The number of hydrogen-bond donors (Lipinski definition) is 4. The Balaban J connectivity index is 1.71. The molecule has 3 rings (SSSR count). The highest BCUT2D eigenvalue weighted by Crippen LogP contribution is 2.30. The zero-order chi connectivity index (χ0) is 19.2. The van der Waals surface area contributed by atoms with Crippen molar-refractivity contribution < 1.29 is 19.4 Å². The Kier molecular flexibility index (Phi) is 6.28. The molecule has 7 nitrogen and oxygen atoms in total. The fraction of sp³-hybridized carbons (Fsp3) is 0.350. The number of nitrogens with one attached hydrogen (secondary N) is 1. The van der Waals surface area contributed by atoms with Gasteiger partial charge in [-0.25, -0.2) is 0 Å². The van der Waals surface area contributed by atoms with Gasteiger partial charge in [-0.3, -0.25) is 4.79 Å². The van der Waals surface area contributed by atoms with Gasteiger partial charge in [-0.05, 0) is 38.1 Å². The average Bonchev–Trinajstić information content (AvgIpc) is 2.66. The van der Waals surface area contributed by atoms with Gasteiger partial charge in [0.1, 0.15) is 40.8 Å². The fourth-order valence-corrected chi connectivity index (χ4v) is 2.88. The Hall–Kier alpha value is -2.61. The van der Waals surface area contributed by atoms with Crippen molar-refractivity contribution in [2.24, 2.45) is 5.73 Å². The number of benzene rings is 2. The van der Waals surface area contributed by atoms with Crippen molar-refractivity contribution in [1.82, 2.24) is 5.32 Å². The first-order chi connectivity index (χ1) is 13.1. The number of nitrogens with two attached hydrogens (primary N) is 1. The number of unbranched alkanes of at least 4 members (excludes halogenated alkanes) is 1. The number of ether oxygens (including phenoxy) is 1. The molecule has 0 bridgehead atoms. The molecule has 0 amide bonds. The van der Waals surface area contributed by atoms with Crippen molar-refractivity contribution in [2.75, 3.05) is 26.2 Å². The number of phenols is 1. The molecule has 7 heteroatoms. The third kappa shape index (κ3) is 4.57. The van der Waals surface area contributed by atoms with E-state index in [2.05, 4.69) is 5.32 Å². The van der Waals surface area contributed by atoms with E-state index in [0.29, 0.717) is 29.8 Å². The SMILES string of the molecule is NCCCCNCC(O)COc1cc(O)c2c(=O)c3ccccc3oc2c1. The van der Waals surface area contributed by atoms with Crippen molar-refractivity contribution in [3.63, 3.8) is 0 Å². The van der Waals surface area contributed by atoms with Gasteiger partial charge in [0.25, 0.3) is 0 Å². The molecule has 27 heavy (non-hydrogen) atoms. The molecule has 3 aromatic rings. The summed E-state index contributed by atoms with van der Waals surface area (Å²) < 4.78 is 11.3. The number of para-hydroxylation sites is 1. The summed E-state index contributed by atoms with van der Waals surface area (Å²) in [4.78, 5) is 12.6. The lowest BCUT2D eigenvalue weighted by atomic mass is 10.1. The van der Waals surface area contributed by atoms with Gasteiger partial charge >= 0.3 is 0 Å². The summed E-state index contributed by atoms with van der Waals surface area (Å²) in [5.41, 5.74) is 5.81. The van der Waals surface area contributed by atoms with Crippen LogP contribution in [0.1, 0.15) is 12.8 Å².